The summed E-state index contributed by atoms with van der Waals surface area (Å²) in [5, 5.41) is 0. The van der Waals surface area contributed by atoms with Crippen LogP contribution in [0.15, 0.2) is 0 Å². The van der Waals surface area contributed by atoms with E-state index >= 15 is 0 Å². The van der Waals surface area contributed by atoms with Crippen LogP contribution >= 0.6 is 0 Å². The molecule has 4 heteroatoms. The highest BCUT2D eigenvalue weighted by Crippen LogP contribution is 2.18. The number of nitrogens with zero attached hydrogens (tertiary/aromatic N) is 1. The van der Waals surface area contributed by atoms with Crippen molar-refractivity contribution in [3.8, 4) is 0 Å². The number of morpholine rings is 1. The van der Waals surface area contributed by atoms with Gasteiger partial charge in [-0.05, 0) is 19.8 Å². The lowest BCUT2D eigenvalue weighted by molar-refractivity contribution is -0.148. The molecule has 2 N–H and O–H groups in total. The first-order valence-electron chi connectivity index (χ1n) is 6.26. The molecule has 0 aromatic rings. The van der Waals surface area contributed by atoms with Gasteiger partial charge in [0, 0.05) is 13.1 Å². The van der Waals surface area contributed by atoms with E-state index in [0.29, 0.717) is 19.7 Å². The molecule has 1 rings (SSSR count). The minimum atomic E-state index is -0.0284. The summed E-state index contributed by atoms with van der Waals surface area (Å²) in [5.74, 6) is 0.173. The van der Waals surface area contributed by atoms with Crippen molar-refractivity contribution in [2.45, 2.75) is 45.8 Å². The smallest absolute Gasteiger partial charge is 0.227 e. The van der Waals surface area contributed by atoms with Crippen molar-refractivity contribution >= 4 is 5.91 Å². The van der Waals surface area contributed by atoms with E-state index in [9.17, 15) is 4.79 Å². The normalized spacial score (nSPS) is 27.9. The van der Waals surface area contributed by atoms with Crippen molar-refractivity contribution in [3.63, 3.8) is 0 Å². The Morgan fingerprint density at radius 1 is 1.56 bits per heavy atom. The lowest BCUT2D eigenvalue weighted by Crippen LogP contribution is -2.53. The predicted octanol–water partition coefficient (Wildman–Crippen LogP) is 0.997. The number of nitrogens with two attached hydrogens (primary N) is 1. The van der Waals surface area contributed by atoms with Crippen molar-refractivity contribution in [1.82, 2.24) is 4.90 Å². The van der Waals surface area contributed by atoms with Crippen LogP contribution in [0, 0.1) is 5.92 Å². The molecule has 0 saturated carbocycles. The van der Waals surface area contributed by atoms with Crippen molar-refractivity contribution < 1.29 is 9.53 Å². The number of hydrogen-bond donors (Lipinski definition) is 1. The third kappa shape index (κ3) is 2.95. The third-order valence-electron chi connectivity index (χ3n) is 3.35. The molecule has 1 heterocycles. The van der Waals surface area contributed by atoms with Gasteiger partial charge >= 0.3 is 0 Å². The first kappa shape index (κ1) is 13.5. The number of ether oxygens (including phenoxy) is 1. The molecule has 0 bridgehead atoms. The van der Waals surface area contributed by atoms with Gasteiger partial charge < -0.3 is 15.4 Å². The Morgan fingerprint density at radius 2 is 2.25 bits per heavy atom. The SMILES string of the molecule is CCC(CN)C(=O)N1CC(C)OCC1CC. The van der Waals surface area contributed by atoms with E-state index in [2.05, 4.69) is 6.92 Å². The van der Waals surface area contributed by atoms with E-state index in [1.807, 2.05) is 18.7 Å². The van der Waals surface area contributed by atoms with Crippen molar-refractivity contribution in [2.24, 2.45) is 11.7 Å². The largest absolute Gasteiger partial charge is 0.375 e. The van der Waals surface area contributed by atoms with Gasteiger partial charge in [0.25, 0.3) is 0 Å². The number of carbonyl (C=O) groups is 1. The Bertz CT molecular complexity index is 229. The Hall–Kier alpha value is -0.610. The summed E-state index contributed by atoms with van der Waals surface area (Å²) in [4.78, 5) is 14.2. The molecule has 3 atom stereocenters. The fourth-order valence-electron chi connectivity index (χ4n) is 2.13. The van der Waals surface area contributed by atoms with Gasteiger partial charge in [0.05, 0.1) is 24.7 Å². The quantitative estimate of drug-likeness (QED) is 0.781. The minimum absolute atomic E-state index is 0.0284. The summed E-state index contributed by atoms with van der Waals surface area (Å²) in [5.41, 5.74) is 5.63. The first-order valence-corrected chi connectivity index (χ1v) is 6.26. The van der Waals surface area contributed by atoms with Gasteiger partial charge in [-0.15, -0.1) is 0 Å². The molecule has 0 aromatic heterocycles. The molecule has 1 aliphatic heterocycles. The maximum Gasteiger partial charge on any atom is 0.227 e. The predicted molar refractivity (Wildman–Crippen MR) is 64.0 cm³/mol. The van der Waals surface area contributed by atoms with Gasteiger partial charge in [-0.25, -0.2) is 0 Å². The van der Waals surface area contributed by atoms with Crippen LogP contribution in [0.3, 0.4) is 0 Å². The molecule has 1 amide bonds. The highest BCUT2D eigenvalue weighted by Gasteiger charge is 2.32. The van der Waals surface area contributed by atoms with E-state index < -0.39 is 0 Å². The maximum atomic E-state index is 12.3. The van der Waals surface area contributed by atoms with Gasteiger partial charge in [-0.1, -0.05) is 13.8 Å². The summed E-state index contributed by atoms with van der Waals surface area (Å²) < 4.78 is 5.58. The molecule has 1 fully saturated rings. The number of amides is 1. The van der Waals surface area contributed by atoms with Gasteiger partial charge in [0.15, 0.2) is 0 Å². The zero-order chi connectivity index (χ0) is 12.1. The molecule has 1 aliphatic rings. The van der Waals surface area contributed by atoms with Crippen LogP contribution in [0.1, 0.15) is 33.6 Å². The van der Waals surface area contributed by atoms with Crippen LogP contribution in [0.4, 0.5) is 0 Å². The van der Waals surface area contributed by atoms with E-state index in [0.717, 1.165) is 12.8 Å². The standard InChI is InChI=1S/C12H24N2O2/c1-4-10(6-13)12(15)14-7-9(3)16-8-11(14)5-2/h9-11H,4-8,13H2,1-3H3. The molecular weight excluding hydrogens is 204 g/mol. The molecule has 94 valence electrons. The van der Waals surface area contributed by atoms with Crippen LogP contribution in [0.25, 0.3) is 0 Å². The monoisotopic (exact) mass is 228 g/mol. The second kappa shape index (κ2) is 6.21. The fraction of sp³-hybridized carbons (Fsp3) is 0.917. The summed E-state index contributed by atoms with van der Waals surface area (Å²) in [7, 11) is 0. The molecule has 16 heavy (non-hydrogen) atoms. The Balaban J connectivity index is 2.69. The number of carbonyl (C=O) groups excluding carboxylic acids is 1. The average Bonchev–Trinajstić information content (AvgIpc) is 2.30. The third-order valence-corrected chi connectivity index (χ3v) is 3.35. The molecule has 4 nitrogen and oxygen atoms in total. The Morgan fingerprint density at radius 3 is 2.75 bits per heavy atom. The molecule has 0 aromatic carbocycles. The lowest BCUT2D eigenvalue weighted by atomic mass is 10.0. The van der Waals surface area contributed by atoms with Crippen LogP contribution < -0.4 is 5.73 Å². The van der Waals surface area contributed by atoms with Gasteiger partial charge in [-0.3, -0.25) is 4.79 Å². The summed E-state index contributed by atoms with van der Waals surface area (Å²) in [6, 6.07) is 0.226. The molecule has 0 radical (unpaired) electrons. The second-order valence-corrected chi connectivity index (χ2v) is 4.54. The van der Waals surface area contributed by atoms with E-state index in [-0.39, 0.29) is 24.0 Å². The molecule has 3 unspecified atom stereocenters. The molecular formula is C12H24N2O2. The second-order valence-electron chi connectivity index (χ2n) is 4.54. The first-order chi connectivity index (χ1) is 7.63. The molecule has 0 aliphatic carbocycles. The average molecular weight is 228 g/mol. The zero-order valence-electron chi connectivity index (χ0n) is 10.6. The van der Waals surface area contributed by atoms with Gasteiger partial charge in [-0.2, -0.15) is 0 Å². The van der Waals surface area contributed by atoms with E-state index in [1.165, 1.54) is 0 Å². The van der Waals surface area contributed by atoms with Crippen molar-refractivity contribution in [1.29, 1.82) is 0 Å². The highest BCUT2D eigenvalue weighted by molar-refractivity contribution is 5.79. The number of hydrogen-bond acceptors (Lipinski definition) is 3. The Labute approximate surface area is 98.1 Å². The van der Waals surface area contributed by atoms with E-state index in [4.69, 9.17) is 10.5 Å². The Kier molecular flexibility index (Phi) is 5.22. The minimum Gasteiger partial charge on any atom is -0.375 e. The van der Waals surface area contributed by atoms with Gasteiger partial charge in [0.2, 0.25) is 5.91 Å². The lowest BCUT2D eigenvalue weighted by Gasteiger charge is -2.39. The van der Waals surface area contributed by atoms with Crippen molar-refractivity contribution in [3.05, 3.63) is 0 Å². The summed E-state index contributed by atoms with van der Waals surface area (Å²) in [6.45, 7) is 7.92. The summed E-state index contributed by atoms with van der Waals surface area (Å²) >= 11 is 0. The number of rotatable bonds is 4. The zero-order valence-corrected chi connectivity index (χ0v) is 10.6. The summed E-state index contributed by atoms with van der Waals surface area (Å²) in [6.07, 6.45) is 1.90. The van der Waals surface area contributed by atoms with Crippen LogP contribution in [0.5, 0.6) is 0 Å². The van der Waals surface area contributed by atoms with Gasteiger partial charge in [0.1, 0.15) is 0 Å². The van der Waals surface area contributed by atoms with Crippen LogP contribution in [0.2, 0.25) is 0 Å². The van der Waals surface area contributed by atoms with Crippen LogP contribution in [-0.4, -0.2) is 42.6 Å². The molecule has 0 spiro atoms. The molecule has 1 saturated heterocycles. The fourth-order valence-corrected chi connectivity index (χ4v) is 2.13. The van der Waals surface area contributed by atoms with Crippen LogP contribution in [-0.2, 0) is 9.53 Å². The maximum absolute atomic E-state index is 12.3. The highest BCUT2D eigenvalue weighted by atomic mass is 16.5. The van der Waals surface area contributed by atoms with Crippen molar-refractivity contribution in [2.75, 3.05) is 19.7 Å². The van der Waals surface area contributed by atoms with E-state index in [1.54, 1.807) is 0 Å². The topological polar surface area (TPSA) is 55.6 Å².